The summed E-state index contributed by atoms with van der Waals surface area (Å²) in [5, 5.41) is 4.63. The third-order valence-electron chi connectivity index (χ3n) is 10.0. The highest BCUT2D eigenvalue weighted by Gasteiger charge is 2.40. The van der Waals surface area contributed by atoms with Crippen LogP contribution in [0.1, 0.15) is 120 Å². The van der Waals surface area contributed by atoms with Gasteiger partial charge >= 0.3 is 12.2 Å². The molecule has 1 aromatic carbocycles. The Hall–Kier alpha value is -3.83. The summed E-state index contributed by atoms with van der Waals surface area (Å²) in [5.74, 6) is -0.280. The number of aryl methyl sites for hydroxylation is 1. The van der Waals surface area contributed by atoms with Gasteiger partial charge in [-0.25, -0.2) is 9.18 Å². The molecule has 0 saturated carbocycles. The number of halogens is 4. The summed E-state index contributed by atoms with van der Waals surface area (Å²) in [4.78, 5) is 30.5. The van der Waals surface area contributed by atoms with E-state index in [2.05, 4.69) is 30.9 Å². The smallest absolute Gasteiger partial charge is 0.397 e. The van der Waals surface area contributed by atoms with Gasteiger partial charge in [0, 0.05) is 25.3 Å². The summed E-state index contributed by atoms with van der Waals surface area (Å²) >= 11 is 0. The first-order valence-electron chi connectivity index (χ1n) is 18.6. The molecular weight excluding hydrogens is 660 g/mol. The molecule has 3 aromatic rings. The average molecular weight is 715 g/mol. The lowest BCUT2D eigenvalue weighted by atomic mass is 9.89. The number of alkyl halides is 3. The second kappa shape index (κ2) is 17.1. The lowest BCUT2D eigenvalue weighted by Crippen LogP contribution is -2.54. The van der Waals surface area contributed by atoms with Crippen LogP contribution in [-0.4, -0.2) is 51.6 Å². The van der Waals surface area contributed by atoms with Gasteiger partial charge in [-0.05, 0) is 68.2 Å². The second-order valence-electron chi connectivity index (χ2n) is 15.3. The highest BCUT2D eigenvalue weighted by Crippen LogP contribution is 2.36. The molecule has 280 valence electrons. The number of hydrogen-bond acceptors (Lipinski definition) is 5. The third kappa shape index (κ3) is 10.4. The Morgan fingerprint density at radius 2 is 1.57 bits per heavy atom. The minimum atomic E-state index is -4.62. The minimum absolute atomic E-state index is 0.197. The number of fused-ring (bicyclic) bond motifs is 1. The monoisotopic (exact) mass is 714 g/mol. The number of aromatic nitrogens is 3. The summed E-state index contributed by atoms with van der Waals surface area (Å²) < 4.78 is 56.6. The zero-order valence-corrected chi connectivity index (χ0v) is 30.7. The molecule has 0 radical (unpaired) electrons. The summed E-state index contributed by atoms with van der Waals surface area (Å²) in [6, 6.07) is 6.63. The Labute approximate surface area is 300 Å². The number of carbonyl (C=O) groups excluding carboxylic acids is 1. The van der Waals surface area contributed by atoms with E-state index in [-0.39, 0.29) is 30.6 Å². The van der Waals surface area contributed by atoms with Gasteiger partial charge in [-0.1, -0.05) is 77.8 Å². The zero-order chi connectivity index (χ0) is 36.6. The lowest BCUT2D eigenvalue weighted by molar-refractivity contribution is -0.138. The molecule has 0 unspecified atom stereocenters. The van der Waals surface area contributed by atoms with Crippen molar-refractivity contribution in [3.8, 4) is 0 Å². The highest BCUT2D eigenvalue weighted by molar-refractivity contribution is 5.94. The molecule has 2 aromatic heterocycles. The molecule has 51 heavy (non-hydrogen) atoms. The van der Waals surface area contributed by atoms with Crippen molar-refractivity contribution in [2.45, 2.75) is 130 Å². The number of pyridine rings is 1. The van der Waals surface area contributed by atoms with E-state index >= 15 is 0 Å². The fourth-order valence-electron chi connectivity index (χ4n) is 7.26. The molecule has 12 heteroatoms. The molecule has 8 nitrogen and oxygen atoms in total. The fraction of sp³-hybridized carbons (Fsp3) is 0.615. The first kappa shape index (κ1) is 38.4. The number of hydrogen-bond donors (Lipinski definition) is 0. The summed E-state index contributed by atoms with van der Waals surface area (Å²) in [7, 11) is 0. The number of benzene rings is 1. The second-order valence-corrected chi connectivity index (χ2v) is 15.3. The topological polar surface area (TPSA) is 66.7 Å². The van der Waals surface area contributed by atoms with Crippen LogP contribution in [0.15, 0.2) is 42.7 Å². The molecule has 0 aliphatic carbocycles. The van der Waals surface area contributed by atoms with Crippen molar-refractivity contribution in [2.75, 3.05) is 29.5 Å². The van der Waals surface area contributed by atoms with Crippen molar-refractivity contribution in [3.63, 3.8) is 0 Å². The van der Waals surface area contributed by atoms with Crippen molar-refractivity contribution in [1.29, 1.82) is 0 Å². The maximum absolute atomic E-state index is 14.7. The van der Waals surface area contributed by atoms with Gasteiger partial charge in [-0.2, -0.15) is 13.2 Å². The van der Waals surface area contributed by atoms with E-state index in [9.17, 15) is 22.4 Å². The number of carbonyl (C=O) groups is 1. The van der Waals surface area contributed by atoms with Gasteiger partial charge in [0.2, 0.25) is 0 Å². The SMILES string of the molecule is Cc1cccc(F)c1N1CCC(N2Cc3nn(OCCCCCCCCCCCC(C)(C)C)cc3N(Cc3ncccc3C(F)(F)F)C2=O)CC1. The van der Waals surface area contributed by atoms with Crippen LogP contribution >= 0.6 is 0 Å². The van der Waals surface area contributed by atoms with Gasteiger partial charge in [0.25, 0.3) is 0 Å². The molecule has 0 spiro atoms. The largest absolute Gasteiger partial charge is 0.418 e. The maximum Gasteiger partial charge on any atom is 0.418 e. The summed E-state index contributed by atoms with van der Waals surface area (Å²) in [6.07, 6.45) is 11.4. The van der Waals surface area contributed by atoms with Crippen molar-refractivity contribution in [2.24, 2.45) is 5.41 Å². The quantitative estimate of drug-likeness (QED) is 0.109. The van der Waals surface area contributed by atoms with E-state index in [1.165, 1.54) is 73.0 Å². The predicted molar refractivity (Wildman–Crippen MR) is 192 cm³/mol. The Bertz CT molecular complexity index is 1560. The number of rotatable bonds is 16. The van der Waals surface area contributed by atoms with E-state index in [4.69, 9.17) is 4.84 Å². The van der Waals surface area contributed by atoms with Crippen molar-refractivity contribution in [3.05, 3.63) is 71.1 Å². The molecule has 0 atom stereocenters. The molecule has 0 bridgehead atoms. The van der Waals surface area contributed by atoms with Crippen LogP contribution in [0.4, 0.5) is 33.7 Å². The van der Waals surface area contributed by atoms with Crippen LogP contribution < -0.4 is 14.6 Å². The zero-order valence-electron chi connectivity index (χ0n) is 30.7. The van der Waals surface area contributed by atoms with Crippen LogP contribution in [0.2, 0.25) is 0 Å². The molecule has 4 heterocycles. The van der Waals surface area contributed by atoms with Gasteiger partial charge in [0.15, 0.2) is 0 Å². The number of anilines is 2. The van der Waals surface area contributed by atoms with E-state index in [0.717, 1.165) is 30.9 Å². The van der Waals surface area contributed by atoms with E-state index in [0.29, 0.717) is 55.0 Å². The Kier molecular flexibility index (Phi) is 12.9. The van der Waals surface area contributed by atoms with Crippen LogP contribution in [-0.2, 0) is 19.3 Å². The minimum Gasteiger partial charge on any atom is -0.397 e. The standard InChI is InChI=1S/C39H54F4N6O2/c1-29-16-14-18-32(40)36(29)46-23-19-30(20-24-46)47-27-34-35(48(37(47)50)26-33-31(39(41,42)43)17-15-22-44-33)28-49(45-34)51-25-13-11-9-7-5-6-8-10-12-21-38(2,3)4/h14-18,22,28,30H,5-13,19-21,23-27H2,1-4H3. The maximum atomic E-state index is 14.7. The van der Waals surface area contributed by atoms with Crippen LogP contribution in [0.5, 0.6) is 0 Å². The molecule has 2 amide bonds. The Morgan fingerprint density at radius 1 is 0.902 bits per heavy atom. The lowest BCUT2D eigenvalue weighted by Gasteiger charge is -2.43. The molecular formula is C39H54F4N6O2. The van der Waals surface area contributed by atoms with E-state index < -0.39 is 17.8 Å². The number of nitrogens with zero attached hydrogens (tertiary/aromatic N) is 6. The van der Waals surface area contributed by atoms with Crippen molar-refractivity contribution < 1.29 is 27.2 Å². The van der Waals surface area contributed by atoms with Crippen molar-refractivity contribution >= 4 is 17.4 Å². The van der Waals surface area contributed by atoms with Gasteiger partial charge in [-0.3, -0.25) is 9.88 Å². The van der Waals surface area contributed by atoms with Crippen LogP contribution in [0, 0.1) is 18.2 Å². The Morgan fingerprint density at radius 3 is 2.22 bits per heavy atom. The third-order valence-corrected chi connectivity index (χ3v) is 10.0. The number of amides is 2. The summed E-state index contributed by atoms with van der Waals surface area (Å²) in [6.45, 7) is 10.1. The number of urea groups is 1. The van der Waals surface area contributed by atoms with Crippen molar-refractivity contribution in [1.82, 2.24) is 19.8 Å². The number of unbranched alkanes of at least 4 members (excludes halogenated alkanes) is 8. The van der Waals surface area contributed by atoms with Gasteiger partial charge in [-0.15, -0.1) is 9.94 Å². The molecule has 0 N–H and O–H groups in total. The molecule has 1 saturated heterocycles. The molecule has 5 rings (SSSR count). The fourth-order valence-corrected chi connectivity index (χ4v) is 7.26. The highest BCUT2D eigenvalue weighted by atomic mass is 19.4. The summed E-state index contributed by atoms with van der Waals surface area (Å²) in [5.41, 5.74) is 1.67. The van der Waals surface area contributed by atoms with Gasteiger partial charge < -0.3 is 14.6 Å². The molecule has 2 aliphatic rings. The molecule has 2 aliphatic heterocycles. The van der Waals surface area contributed by atoms with Crippen LogP contribution in [0.25, 0.3) is 0 Å². The number of para-hydroxylation sites is 1. The number of piperidine rings is 1. The van der Waals surface area contributed by atoms with Crippen LogP contribution in [0.3, 0.4) is 0 Å². The average Bonchev–Trinajstić information content (AvgIpc) is 3.48. The van der Waals surface area contributed by atoms with E-state index in [1.54, 1.807) is 17.2 Å². The first-order chi connectivity index (χ1) is 24.3. The Balaban J connectivity index is 1.19. The van der Waals surface area contributed by atoms with Gasteiger partial charge in [0.05, 0.1) is 41.9 Å². The molecule has 1 fully saturated rings. The van der Waals surface area contributed by atoms with Gasteiger partial charge in [0.1, 0.15) is 18.1 Å². The predicted octanol–water partition coefficient (Wildman–Crippen LogP) is 9.73. The first-order valence-corrected chi connectivity index (χ1v) is 18.6. The normalized spacial score (nSPS) is 15.8. The van der Waals surface area contributed by atoms with E-state index in [1.807, 2.05) is 17.9 Å².